The summed E-state index contributed by atoms with van der Waals surface area (Å²) >= 11 is 0. The van der Waals surface area contributed by atoms with Crippen LogP contribution in [0.1, 0.15) is 0 Å². The van der Waals surface area contributed by atoms with Gasteiger partial charge in [0.1, 0.15) is 0 Å². The fourth-order valence-corrected chi connectivity index (χ4v) is 4.89. The van der Waals surface area contributed by atoms with Crippen LogP contribution in [-0.4, -0.2) is 14.5 Å². The van der Waals surface area contributed by atoms with Crippen LogP contribution in [0.5, 0.6) is 0 Å². The first-order valence-electron chi connectivity index (χ1n) is 11.1. The van der Waals surface area contributed by atoms with Crippen LogP contribution in [0.3, 0.4) is 0 Å². The van der Waals surface area contributed by atoms with E-state index in [1.807, 2.05) is 30.5 Å². The number of rotatable bonds is 2. The molecule has 0 radical (unpaired) electrons. The molecule has 0 N–H and O–H groups in total. The van der Waals surface area contributed by atoms with Crippen LogP contribution in [0.4, 0.5) is 0 Å². The van der Waals surface area contributed by atoms with Gasteiger partial charge >= 0.3 is 0 Å². The Morgan fingerprint density at radius 1 is 0.545 bits per heavy atom. The van der Waals surface area contributed by atoms with Crippen LogP contribution >= 0.6 is 0 Å². The average Bonchev–Trinajstić information content (AvgIpc) is 3.23. The van der Waals surface area contributed by atoms with Crippen molar-refractivity contribution in [3.05, 3.63) is 115 Å². The van der Waals surface area contributed by atoms with Crippen LogP contribution in [-0.2, 0) is 0 Å². The van der Waals surface area contributed by atoms with Gasteiger partial charge in [-0.2, -0.15) is 0 Å². The van der Waals surface area contributed by atoms with Gasteiger partial charge in [-0.1, -0.05) is 84.9 Å². The van der Waals surface area contributed by atoms with E-state index in [9.17, 15) is 0 Å². The van der Waals surface area contributed by atoms with Gasteiger partial charge in [0, 0.05) is 22.4 Å². The van der Waals surface area contributed by atoms with Crippen LogP contribution in [0.25, 0.3) is 60.6 Å². The Kier molecular flexibility index (Phi) is 3.84. The summed E-state index contributed by atoms with van der Waals surface area (Å²) in [5.74, 6) is 0.695. The lowest BCUT2D eigenvalue weighted by molar-refractivity contribution is 1.01. The van der Waals surface area contributed by atoms with Crippen molar-refractivity contribution in [2.24, 2.45) is 0 Å². The fraction of sp³-hybridized carbons (Fsp3) is 0. The summed E-state index contributed by atoms with van der Waals surface area (Å²) < 4.78 is 2.18. The minimum Gasteiger partial charge on any atom is -0.278 e. The lowest BCUT2D eigenvalue weighted by atomic mass is 9.98. The van der Waals surface area contributed by atoms with E-state index in [0.29, 0.717) is 5.95 Å². The first-order chi connectivity index (χ1) is 16.4. The lowest BCUT2D eigenvalue weighted by Crippen LogP contribution is -2.00. The fourth-order valence-electron chi connectivity index (χ4n) is 4.89. The zero-order valence-electron chi connectivity index (χ0n) is 17.8. The molecule has 7 aromatic rings. The van der Waals surface area contributed by atoms with Crippen molar-refractivity contribution >= 4 is 43.5 Å². The number of nitrogens with zero attached hydrogens (tertiary/aromatic N) is 3. The molecular weight excluding hydrogens is 402 g/mol. The summed E-state index contributed by atoms with van der Waals surface area (Å²) in [4.78, 5) is 9.64. The highest BCUT2D eigenvalue weighted by atomic mass is 15.2. The van der Waals surface area contributed by atoms with Gasteiger partial charge in [-0.3, -0.25) is 4.57 Å². The van der Waals surface area contributed by atoms with Gasteiger partial charge in [0.25, 0.3) is 0 Å². The Hall–Kier alpha value is -4.50. The van der Waals surface area contributed by atoms with E-state index < -0.39 is 0 Å². The van der Waals surface area contributed by atoms with Gasteiger partial charge in [0.15, 0.2) is 0 Å². The van der Waals surface area contributed by atoms with E-state index in [4.69, 9.17) is 9.97 Å². The Labute approximate surface area is 190 Å². The molecule has 0 spiro atoms. The van der Waals surface area contributed by atoms with E-state index in [-0.39, 0.29) is 0 Å². The highest BCUT2D eigenvalue weighted by Crippen LogP contribution is 2.37. The molecule has 0 saturated heterocycles. The van der Waals surface area contributed by atoms with Crippen molar-refractivity contribution in [3.8, 4) is 17.1 Å². The first kappa shape index (κ1) is 18.1. The summed E-state index contributed by atoms with van der Waals surface area (Å²) in [7, 11) is 0. The highest BCUT2D eigenvalue weighted by Gasteiger charge is 2.16. The Morgan fingerprint density at radius 2 is 1.36 bits per heavy atom. The second kappa shape index (κ2) is 7.01. The molecule has 0 aliphatic rings. The van der Waals surface area contributed by atoms with Crippen molar-refractivity contribution in [1.82, 2.24) is 14.5 Å². The molecule has 5 aromatic carbocycles. The number of hydrogen-bond donors (Lipinski definition) is 0. The smallest absolute Gasteiger partial charge is 0.235 e. The SMILES string of the molecule is c1ccc(-c2ccc3c(ccc4c3c3ccccc3n4-c3ncc4ccccc4n3)c2)cc1. The number of fused-ring (bicyclic) bond motifs is 6. The van der Waals surface area contributed by atoms with Crippen LogP contribution in [0.15, 0.2) is 115 Å². The summed E-state index contributed by atoms with van der Waals surface area (Å²) in [5, 5.41) is 5.96. The number of hydrogen-bond acceptors (Lipinski definition) is 2. The first-order valence-corrected chi connectivity index (χ1v) is 11.1. The number of aromatic nitrogens is 3. The molecule has 2 aromatic heterocycles. The predicted molar refractivity (Wildman–Crippen MR) is 137 cm³/mol. The number of benzene rings is 5. The molecule has 7 rings (SSSR count). The zero-order valence-corrected chi connectivity index (χ0v) is 17.8. The van der Waals surface area contributed by atoms with E-state index in [2.05, 4.69) is 89.5 Å². The second-order valence-electron chi connectivity index (χ2n) is 8.34. The summed E-state index contributed by atoms with van der Waals surface area (Å²) in [6.45, 7) is 0. The second-order valence-corrected chi connectivity index (χ2v) is 8.34. The maximum atomic E-state index is 4.90. The Bertz CT molecular complexity index is 1810. The van der Waals surface area contributed by atoms with Gasteiger partial charge in [-0.25, -0.2) is 9.97 Å². The minimum atomic E-state index is 0.695. The van der Waals surface area contributed by atoms with Gasteiger partial charge in [-0.05, 0) is 46.2 Å². The molecule has 0 aliphatic heterocycles. The molecule has 154 valence electrons. The molecule has 0 aliphatic carbocycles. The van der Waals surface area contributed by atoms with Gasteiger partial charge in [0.05, 0.1) is 16.6 Å². The van der Waals surface area contributed by atoms with Gasteiger partial charge < -0.3 is 0 Å². The van der Waals surface area contributed by atoms with E-state index >= 15 is 0 Å². The van der Waals surface area contributed by atoms with Crippen LogP contribution in [0.2, 0.25) is 0 Å². The lowest BCUT2D eigenvalue weighted by Gasteiger charge is -2.08. The third-order valence-electron chi connectivity index (χ3n) is 6.44. The highest BCUT2D eigenvalue weighted by molar-refractivity contribution is 6.21. The molecule has 0 saturated carbocycles. The Balaban J connectivity index is 1.54. The molecule has 0 unspecified atom stereocenters. The van der Waals surface area contributed by atoms with Crippen molar-refractivity contribution in [3.63, 3.8) is 0 Å². The van der Waals surface area contributed by atoms with E-state index in [0.717, 1.165) is 21.9 Å². The average molecular weight is 422 g/mol. The molecule has 0 fully saturated rings. The number of para-hydroxylation sites is 2. The summed E-state index contributed by atoms with van der Waals surface area (Å²) in [6, 6.07) is 38.3. The maximum Gasteiger partial charge on any atom is 0.235 e. The van der Waals surface area contributed by atoms with Gasteiger partial charge in [0.2, 0.25) is 5.95 Å². The molecule has 3 heteroatoms. The van der Waals surface area contributed by atoms with Crippen molar-refractivity contribution in [2.45, 2.75) is 0 Å². The molecule has 0 amide bonds. The monoisotopic (exact) mass is 421 g/mol. The third-order valence-corrected chi connectivity index (χ3v) is 6.44. The summed E-state index contributed by atoms with van der Waals surface area (Å²) in [6.07, 6.45) is 1.91. The summed E-state index contributed by atoms with van der Waals surface area (Å²) in [5.41, 5.74) is 5.63. The molecular formula is C30H19N3. The van der Waals surface area contributed by atoms with Crippen LogP contribution in [0, 0.1) is 0 Å². The molecule has 33 heavy (non-hydrogen) atoms. The molecule has 3 nitrogen and oxygen atoms in total. The molecule has 0 atom stereocenters. The van der Waals surface area contributed by atoms with E-state index in [1.165, 1.54) is 32.7 Å². The van der Waals surface area contributed by atoms with Crippen molar-refractivity contribution in [2.75, 3.05) is 0 Å². The largest absolute Gasteiger partial charge is 0.278 e. The van der Waals surface area contributed by atoms with Crippen LogP contribution < -0.4 is 0 Å². The van der Waals surface area contributed by atoms with E-state index in [1.54, 1.807) is 0 Å². The quantitative estimate of drug-likeness (QED) is 0.289. The minimum absolute atomic E-state index is 0.695. The topological polar surface area (TPSA) is 30.7 Å². The van der Waals surface area contributed by atoms with Crippen molar-refractivity contribution < 1.29 is 0 Å². The standard InChI is InChI=1S/C30H19N3/c1-2-8-20(9-3-1)21-14-16-24-22(18-21)15-17-28-29(24)25-11-5-7-13-27(25)33(28)30-31-19-23-10-4-6-12-26(23)32-30/h1-19H. The van der Waals surface area contributed by atoms with Crippen molar-refractivity contribution in [1.29, 1.82) is 0 Å². The third kappa shape index (κ3) is 2.76. The normalized spacial score (nSPS) is 11.6. The Morgan fingerprint density at radius 3 is 2.30 bits per heavy atom. The predicted octanol–water partition coefficient (Wildman–Crippen LogP) is 7.55. The van der Waals surface area contributed by atoms with Gasteiger partial charge in [-0.15, -0.1) is 0 Å². The molecule has 0 bridgehead atoms. The molecule has 2 heterocycles. The maximum absolute atomic E-state index is 4.90. The zero-order chi connectivity index (χ0) is 21.8.